The molecule has 1 saturated heterocycles. The Kier molecular flexibility index (Phi) is 4.53. The fourth-order valence-corrected chi connectivity index (χ4v) is 4.24. The van der Waals surface area contributed by atoms with Crippen molar-refractivity contribution < 1.29 is 19.4 Å². The molecule has 4 rings (SSSR count). The molecule has 1 fully saturated rings. The molecule has 138 valence electrons. The van der Waals surface area contributed by atoms with Crippen LogP contribution in [-0.4, -0.2) is 40.1 Å². The van der Waals surface area contributed by atoms with Crippen molar-refractivity contribution in [2.24, 2.45) is 0 Å². The lowest BCUT2D eigenvalue weighted by Crippen LogP contribution is -2.48. The highest BCUT2D eigenvalue weighted by Crippen LogP contribution is 2.34. The van der Waals surface area contributed by atoms with Gasteiger partial charge < -0.3 is 14.7 Å². The zero-order valence-corrected chi connectivity index (χ0v) is 15.5. The maximum atomic E-state index is 12.1. The van der Waals surface area contributed by atoms with Crippen molar-refractivity contribution in [2.75, 3.05) is 13.1 Å². The molecule has 0 saturated carbocycles. The number of hydrogen-bond acceptors (Lipinski definition) is 5. The van der Waals surface area contributed by atoms with E-state index in [9.17, 15) is 14.7 Å². The van der Waals surface area contributed by atoms with Crippen LogP contribution >= 0.6 is 11.3 Å². The minimum absolute atomic E-state index is 0.196. The van der Waals surface area contributed by atoms with Gasteiger partial charge in [0, 0.05) is 30.8 Å². The standard InChI is InChI=1S/C20H18N2O4S/c1-12-17-16(27-18(12)19(23)24)7-14(8-21-17)15-9-22(10-15)20(25)26-11-13-5-3-2-4-6-13/h2-8,15H,9-11H2,1H3,(H,23,24). The summed E-state index contributed by atoms with van der Waals surface area (Å²) in [5, 5.41) is 9.26. The monoisotopic (exact) mass is 382 g/mol. The quantitative estimate of drug-likeness (QED) is 0.737. The summed E-state index contributed by atoms with van der Waals surface area (Å²) in [5.41, 5.74) is 3.42. The predicted octanol–water partition coefficient (Wildman–Crippen LogP) is 4.04. The van der Waals surface area contributed by atoms with Crippen LogP contribution in [0.5, 0.6) is 0 Å². The summed E-state index contributed by atoms with van der Waals surface area (Å²) in [7, 11) is 0. The van der Waals surface area contributed by atoms with Crippen molar-refractivity contribution in [3.05, 3.63) is 64.2 Å². The van der Waals surface area contributed by atoms with Gasteiger partial charge in [0.1, 0.15) is 11.5 Å². The number of aromatic carboxylic acids is 1. The van der Waals surface area contributed by atoms with Crippen molar-refractivity contribution in [3.63, 3.8) is 0 Å². The highest BCUT2D eigenvalue weighted by atomic mass is 32.1. The Hall–Kier alpha value is -2.93. The molecule has 0 aliphatic carbocycles. The number of ether oxygens (including phenoxy) is 1. The number of hydrogen-bond donors (Lipinski definition) is 1. The van der Waals surface area contributed by atoms with Gasteiger partial charge in [-0.25, -0.2) is 9.59 Å². The Morgan fingerprint density at radius 1 is 1.30 bits per heavy atom. The summed E-state index contributed by atoms with van der Waals surface area (Å²) in [6.07, 6.45) is 1.47. The summed E-state index contributed by atoms with van der Waals surface area (Å²) in [6, 6.07) is 11.6. The highest BCUT2D eigenvalue weighted by molar-refractivity contribution is 7.20. The van der Waals surface area contributed by atoms with Crippen LogP contribution < -0.4 is 0 Å². The van der Waals surface area contributed by atoms with Gasteiger partial charge in [0.05, 0.1) is 10.2 Å². The van der Waals surface area contributed by atoms with Gasteiger partial charge in [-0.05, 0) is 24.1 Å². The van der Waals surface area contributed by atoms with E-state index in [2.05, 4.69) is 4.98 Å². The van der Waals surface area contributed by atoms with Crippen LogP contribution in [0, 0.1) is 6.92 Å². The molecule has 0 spiro atoms. The number of likely N-dealkylation sites (tertiary alicyclic amines) is 1. The number of nitrogens with zero attached hydrogens (tertiary/aromatic N) is 2. The Morgan fingerprint density at radius 2 is 2.04 bits per heavy atom. The molecule has 1 aromatic carbocycles. The van der Waals surface area contributed by atoms with Gasteiger partial charge >= 0.3 is 12.1 Å². The number of aromatic nitrogens is 1. The van der Waals surface area contributed by atoms with E-state index in [-0.39, 0.29) is 18.6 Å². The van der Waals surface area contributed by atoms with Crippen molar-refractivity contribution in [1.82, 2.24) is 9.88 Å². The lowest BCUT2D eigenvalue weighted by molar-refractivity contribution is 0.0662. The number of amides is 1. The van der Waals surface area contributed by atoms with Crippen molar-refractivity contribution in [1.29, 1.82) is 0 Å². The number of carboxylic acid groups (broad SMARTS) is 1. The second-order valence-electron chi connectivity index (χ2n) is 6.62. The van der Waals surface area contributed by atoms with Crippen LogP contribution in [0.2, 0.25) is 0 Å². The topological polar surface area (TPSA) is 79.7 Å². The lowest BCUT2D eigenvalue weighted by atomic mass is 9.93. The molecule has 27 heavy (non-hydrogen) atoms. The van der Waals surface area contributed by atoms with Crippen molar-refractivity contribution in [2.45, 2.75) is 19.4 Å². The Morgan fingerprint density at radius 3 is 2.74 bits per heavy atom. The van der Waals surface area contributed by atoms with Crippen LogP contribution in [0.25, 0.3) is 10.2 Å². The first kappa shape index (κ1) is 17.5. The molecule has 2 aromatic heterocycles. The second kappa shape index (κ2) is 7.00. The second-order valence-corrected chi connectivity index (χ2v) is 7.67. The van der Waals surface area contributed by atoms with E-state index < -0.39 is 5.97 Å². The molecule has 1 amide bonds. The molecule has 0 atom stereocenters. The summed E-state index contributed by atoms with van der Waals surface area (Å²) in [6.45, 7) is 3.21. The molecule has 3 heterocycles. The van der Waals surface area contributed by atoms with Gasteiger partial charge in [0.2, 0.25) is 0 Å². The van der Waals surface area contributed by atoms with Crippen LogP contribution in [0.4, 0.5) is 4.79 Å². The molecule has 0 unspecified atom stereocenters. The molecule has 0 radical (unpaired) electrons. The van der Waals surface area contributed by atoms with E-state index in [0.717, 1.165) is 21.3 Å². The fraction of sp³-hybridized carbons (Fsp3) is 0.250. The molecule has 6 nitrogen and oxygen atoms in total. The average molecular weight is 382 g/mol. The number of carbonyl (C=O) groups is 2. The Bertz CT molecular complexity index is 1010. The number of rotatable bonds is 4. The summed E-state index contributed by atoms with van der Waals surface area (Å²) >= 11 is 1.24. The molecule has 3 aromatic rings. The molecule has 0 bridgehead atoms. The van der Waals surface area contributed by atoms with Crippen LogP contribution in [0.1, 0.15) is 32.3 Å². The minimum Gasteiger partial charge on any atom is -0.477 e. The first-order chi connectivity index (χ1) is 13.0. The van der Waals surface area contributed by atoms with Crippen LogP contribution in [0.15, 0.2) is 42.6 Å². The number of benzene rings is 1. The van der Waals surface area contributed by atoms with Crippen molar-refractivity contribution in [3.8, 4) is 0 Å². The average Bonchev–Trinajstić information content (AvgIpc) is 2.96. The van der Waals surface area contributed by atoms with E-state index in [1.54, 1.807) is 18.0 Å². The van der Waals surface area contributed by atoms with E-state index in [1.165, 1.54) is 11.3 Å². The number of carboxylic acids is 1. The van der Waals surface area contributed by atoms with Crippen molar-refractivity contribution >= 4 is 33.6 Å². The molecular formula is C20H18N2O4S. The van der Waals surface area contributed by atoms with E-state index in [1.807, 2.05) is 36.4 Å². The molecule has 1 aliphatic rings. The number of carbonyl (C=O) groups excluding carboxylic acids is 1. The smallest absolute Gasteiger partial charge is 0.410 e. The Balaban J connectivity index is 1.39. The minimum atomic E-state index is -0.923. The normalized spacial score (nSPS) is 14.2. The Labute approximate surface area is 160 Å². The summed E-state index contributed by atoms with van der Waals surface area (Å²) in [4.78, 5) is 29.9. The van der Waals surface area contributed by atoms with Gasteiger partial charge in [-0.15, -0.1) is 11.3 Å². The van der Waals surface area contributed by atoms with Gasteiger partial charge in [0.25, 0.3) is 0 Å². The number of aryl methyl sites for hydroxylation is 1. The fourth-order valence-electron chi connectivity index (χ4n) is 3.19. The zero-order valence-electron chi connectivity index (χ0n) is 14.7. The highest BCUT2D eigenvalue weighted by Gasteiger charge is 2.33. The third kappa shape index (κ3) is 3.38. The van der Waals surface area contributed by atoms with E-state index in [4.69, 9.17) is 4.74 Å². The van der Waals surface area contributed by atoms with Gasteiger partial charge in [-0.1, -0.05) is 30.3 Å². The first-order valence-corrected chi connectivity index (χ1v) is 9.42. The third-order valence-corrected chi connectivity index (χ3v) is 6.01. The molecular weight excluding hydrogens is 364 g/mol. The predicted molar refractivity (Wildman–Crippen MR) is 102 cm³/mol. The molecule has 1 aliphatic heterocycles. The number of fused-ring (bicyclic) bond motifs is 1. The van der Waals surface area contributed by atoms with Gasteiger partial charge in [0.15, 0.2) is 0 Å². The SMILES string of the molecule is Cc1c(C(=O)O)sc2cc(C3CN(C(=O)OCc4ccccc4)C3)cnc12. The van der Waals surface area contributed by atoms with E-state index in [0.29, 0.717) is 23.5 Å². The maximum absolute atomic E-state index is 12.1. The molecule has 7 heteroatoms. The van der Waals surface area contributed by atoms with Gasteiger partial charge in [-0.3, -0.25) is 4.98 Å². The van der Waals surface area contributed by atoms with Crippen LogP contribution in [-0.2, 0) is 11.3 Å². The van der Waals surface area contributed by atoms with E-state index >= 15 is 0 Å². The maximum Gasteiger partial charge on any atom is 0.410 e. The lowest BCUT2D eigenvalue weighted by Gasteiger charge is -2.38. The third-order valence-electron chi connectivity index (χ3n) is 4.79. The molecule has 1 N–H and O–H groups in total. The number of pyridine rings is 1. The van der Waals surface area contributed by atoms with Crippen LogP contribution in [0.3, 0.4) is 0 Å². The summed E-state index contributed by atoms with van der Waals surface area (Å²) < 4.78 is 6.21. The summed E-state index contributed by atoms with van der Waals surface area (Å²) in [5.74, 6) is -0.727. The largest absolute Gasteiger partial charge is 0.477 e. The number of thiophene rings is 1. The first-order valence-electron chi connectivity index (χ1n) is 8.61. The zero-order chi connectivity index (χ0) is 19.0. The van der Waals surface area contributed by atoms with Gasteiger partial charge in [-0.2, -0.15) is 0 Å².